The molecule has 2 aromatic carbocycles. The van der Waals surface area contributed by atoms with E-state index >= 15 is 0 Å². The second-order valence-electron chi connectivity index (χ2n) is 9.11. The zero-order chi connectivity index (χ0) is 25.6. The van der Waals surface area contributed by atoms with E-state index in [2.05, 4.69) is 10.3 Å². The van der Waals surface area contributed by atoms with Gasteiger partial charge in [0.25, 0.3) is 11.8 Å². The van der Waals surface area contributed by atoms with Crippen molar-refractivity contribution in [2.75, 3.05) is 18.4 Å². The van der Waals surface area contributed by atoms with Gasteiger partial charge in [0.05, 0.1) is 47.7 Å². The second-order valence-corrected chi connectivity index (χ2v) is 9.54. The molecule has 2 heterocycles. The van der Waals surface area contributed by atoms with Gasteiger partial charge in [-0.25, -0.2) is 0 Å². The lowest BCUT2D eigenvalue weighted by molar-refractivity contribution is -0.114. The smallest absolute Gasteiger partial charge is 0.261 e. The molecular formula is C27H24ClN3O5. The number of allylic oxidation sites excluding steroid dienone is 4. The first-order chi connectivity index (χ1) is 17.2. The minimum absolute atomic E-state index is 0.0490. The number of Topliss-reactive ketones (excluding diaryl/α,β-unsaturated/α-hetero) is 1. The van der Waals surface area contributed by atoms with E-state index in [0.717, 1.165) is 10.5 Å². The van der Waals surface area contributed by atoms with E-state index < -0.39 is 24.0 Å². The van der Waals surface area contributed by atoms with Crippen LogP contribution in [0.3, 0.4) is 0 Å². The number of hydrogen-bond acceptors (Lipinski definition) is 7. The van der Waals surface area contributed by atoms with Crippen molar-refractivity contribution < 1.29 is 24.6 Å². The molecule has 1 aliphatic carbocycles. The number of amides is 2. The number of nitrogens with zero attached hydrogens (tertiary/aromatic N) is 2. The quantitative estimate of drug-likeness (QED) is 0.424. The Bertz CT molecular complexity index is 1340. The summed E-state index contributed by atoms with van der Waals surface area (Å²) < 4.78 is 0. The van der Waals surface area contributed by atoms with Crippen molar-refractivity contribution in [3.63, 3.8) is 0 Å². The van der Waals surface area contributed by atoms with Crippen molar-refractivity contribution in [3.05, 3.63) is 87.1 Å². The highest BCUT2D eigenvalue weighted by atomic mass is 35.5. The second kappa shape index (κ2) is 9.46. The summed E-state index contributed by atoms with van der Waals surface area (Å²) in [5.74, 6) is -0.990. The van der Waals surface area contributed by atoms with Crippen molar-refractivity contribution >= 4 is 40.6 Å². The van der Waals surface area contributed by atoms with E-state index in [0.29, 0.717) is 45.2 Å². The summed E-state index contributed by atoms with van der Waals surface area (Å²) in [5.41, 5.74) is 4.17. The van der Waals surface area contributed by atoms with E-state index in [-0.39, 0.29) is 30.9 Å². The number of benzene rings is 2. The summed E-state index contributed by atoms with van der Waals surface area (Å²) in [6.07, 6.45) is 2.39. The number of imide groups is 1. The molecule has 0 fully saturated rings. The third-order valence-electron chi connectivity index (χ3n) is 6.38. The molecule has 0 radical (unpaired) electrons. The first kappa shape index (κ1) is 24.1. The number of rotatable bonds is 5. The first-order valence-corrected chi connectivity index (χ1v) is 12.0. The summed E-state index contributed by atoms with van der Waals surface area (Å²) in [6, 6.07) is 10.2. The van der Waals surface area contributed by atoms with Gasteiger partial charge in [-0.1, -0.05) is 29.8 Å². The molecule has 0 unspecified atom stereocenters. The van der Waals surface area contributed by atoms with Gasteiger partial charge in [0.2, 0.25) is 0 Å². The van der Waals surface area contributed by atoms with Crippen LogP contribution in [0.15, 0.2) is 64.8 Å². The molecular weight excluding hydrogens is 482 g/mol. The Morgan fingerprint density at radius 2 is 1.86 bits per heavy atom. The number of aliphatic hydroxyl groups excluding tert-OH is 2. The van der Waals surface area contributed by atoms with Crippen molar-refractivity contribution in [2.24, 2.45) is 4.99 Å². The van der Waals surface area contributed by atoms with E-state index in [1.165, 1.54) is 6.92 Å². The number of β-amino-alcohol motifs (C(OH)–C–C–N with tert-alkyl or cyclic N) is 1. The van der Waals surface area contributed by atoms with Gasteiger partial charge in [0.1, 0.15) is 0 Å². The summed E-state index contributed by atoms with van der Waals surface area (Å²) in [7, 11) is 0. The summed E-state index contributed by atoms with van der Waals surface area (Å²) in [6.45, 7) is 1.50. The summed E-state index contributed by atoms with van der Waals surface area (Å²) in [4.78, 5) is 44.0. The van der Waals surface area contributed by atoms with Gasteiger partial charge in [-0.3, -0.25) is 24.3 Å². The maximum atomic E-state index is 12.9. The molecule has 36 heavy (non-hydrogen) atoms. The Balaban J connectivity index is 1.43. The van der Waals surface area contributed by atoms with E-state index in [1.54, 1.807) is 48.6 Å². The highest BCUT2D eigenvalue weighted by Gasteiger charge is 2.38. The predicted octanol–water partition coefficient (Wildman–Crippen LogP) is 3.24. The van der Waals surface area contributed by atoms with E-state index in [1.807, 2.05) is 0 Å². The number of carbonyl (C=O) groups excluding carboxylic acids is 3. The van der Waals surface area contributed by atoms with E-state index in [9.17, 15) is 24.6 Å². The van der Waals surface area contributed by atoms with Crippen molar-refractivity contribution in [1.82, 2.24) is 4.90 Å². The third-order valence-corrected chi connectivity index (χ3v) is 6.61. The minimum Gasteiger partial charge on any atom is -0.392 e. The third kappa shape index (κ3) is 4.39. The molecule has 2 aromatic rings. The highest BCUT2D eigenvalue weighted by molar-refractivity contribution is 6.30. The zero-order valence-electron chi connectivity index (χ0n) is 19.5. The average Bonchev–Trinajstić information content (AvgIpc) is 3.35. The molecule has 8 nitrogen and oxygen atoms in total. The van der Waals surface area contributed by atoms with Gasteiger partial charge in [-0.2, -0.15) is 0 Å². The van der Waals surface area contributed by atoms with Crippen molar-refractivity contribution in [3.8, 4) is 0 Å². The van der Waals surface area contributed by atoms with Gasteiger partial charge >= 0.3 is 0 Å². The Kier molecular flexibility index (Phi) is 6.34. The lowest BCUT2D eigenvalue weighted by Gasteiger charge is -2.16. The van der Waals surface area contributed by atoms with Crippen LogP contribution in [0.5, 0.6) is 0 Å². The molecule has 184 valence electrons. The van der Waals surface area contributed by atoms with Crippen LogP contribution in [0.4, 0.5) is 5.69 Å². The normalized spacial score (nSPS) is 21.6. The number of hydrogen-bond donors (Lipinski definition) is 3. The largest absolute Gasteiger partial charge is 0.392 e. The lowest BCUT2D eigenvalue weighted by atomic mass is 9.93. The van der Waals surface area contributed by atoms with Gasteiger partial charge in [0.15, 0.2) is 5.78 Å². The highest BCUT2D eigenvalue weighted by Crippen LogP contribution is 2.36. The van der Waals surface area contributed by atoms with Crippen LogP contribution < -0.4 is 5.32 Å². The lowest BCUT2D eigenvalue weighted by Crippen LogP contribution is -2.35. The number of fused-ring (bicyclic) bond motifs is 2. The number of halogens is 1. The van der Waals surface area contributed by atoms with E-state index in [4.69, 9.17) is 11.6 Å². The fourth-order valence-electron chi connectivity index (χ4n) is 4.69. The number of aliphatic hydroxyl groups is 2. The van der Waals surface area contributed by atoms with Gasteiger partial charge < -0.3 is 15.5 Å². The number of anilines is 1. The summed E-state index contributed by atoms with van der Waals surface area (Å²) >= 11 is 6.02. The number of nitrogens with one attached hydrogen (secondary N) is 1. The average molecular weight is 506 g/mol. The molecule has 5 rings (SSSR count). The van der Waals surface area contributed by atoms with Gasteiger partial charge in [-0.05, 0) is 48.4 Å². The predicted molar refractivity (Wildman–Crippen MR) is 135 cm³/mol. The zero-order valence-corrected chi connectivity index (χ0v) is 20.2. The standard InChI is InChI=1S/C27H24ClN3O5/c1-14(32)13-31-26(35)18-9-16-10-22(30-21(16)11-19(18)27(31)36)25-20(6-3-7-23(25)33)29-12-24(34)15-4-2-5-17(28)8-15/h2-6,8-9,11,14,24,30,32,34H,7,10,12-13H2,1H3/t14-,24+/m0/s1. The van der Waals surface area contributed by atoms with Crippen LogP contribution >= 0.6 is 11.6 Å². The Labute approximate surface area is 212 Å². The van der Waals surface area contributed by atoms with Crippen LogP contribution in [0.1, 0.15) is 51.3 Å². The number of carbonyl (C=O) groups is 3. The molecule has 0 bridgehead atoms. The van der Waals surface area contributed by atoms with Crippen LogP contribution in [-0.2, 0) is 11.2 Å². The molecule has 2 aliphatic heterocycles. The number of ketones is 1. The molecule has 0 aromatic heterocycles. The Morgan fingerprint density at radius 3 is 2.58 bits per heavy atom. The maximum Gasteiger partial charge on any atom is 0.261 e. The Morgan fingerprint density at radius 1 is 1.11 bits per heavy atom. The van der Waals surface area contributed by atoms with Crippen LogP contribution in [0.2, 0.25) is 5.02 Å². The fraction of sp³-hybridized carbons (Fsp3) is 0.259. The topological polar surface area (TPSA) is 119 Å². The minimum atomic E-state index is -0.883. The molecule has 2 atom stereocenters. The van der Waals surface area contributed by atoms with Gasteiger partial charge in [-0.15, -0.1) is 0 Å². The SMILES string of the molecule is C[C@H](O)CN1C(=O)c2cc3c(cc2C1=O)NC(=C1C(=O)CC=CC1=NC[C@@H](O)c1cccc(Cl)c1)C3. The summed E-state index contributed by atoms with van der Waals surface area (Å²) in [5, 5.41) is 24.0. The molecule has 3 aliphatic rings. The van der Waals surface area contributed by atoms with Crippen molar-refractivity contribution in [1.29, 1.82) is 0 Å². The molecule has 0 saturated heterocycles. The maximum absolute atomic E-state index is 12.9. The monoisotopic (exact) mass is 505 g/mol. The number of aliphatic imine (C=N–C) groups is 1. The van der Waals surface area contributed by atoms with Crippen LogP contribution in [0.25, 0.3) is 0 Å². The molecule has 0 spiro atoms. The van der Waals surface area contributed by atoms with Crippen LogP contribution in [0, 0.1) is 0 Å². The first-order valence-electron chi connectivity index (χ1n) is 11.6. The Hall–Kier alpha value is -3.59. The molecule has 9 heteroatoms. The van der Waals surface area contributed by atoms with Gasteiger partial charge in [0, 0.05) is 29.2 Å². The fourth-order valence-corrected chi connectivity index (χ4v) is 4.89. The molecule has 0 saturated carbocycles. The van der Waals surface area contributed by atoms with Crippen molar-refractivity contribution in [2.45, 2.75) is 32.0 Å². The molecule has 2 amide bonds. The molecule has 3 N–H and O–H groups in total. The van der Waals surface area contributed by atoms with Crippen LogP contribution in [-0.4, -0.2) is 57.6 Å².